The van der Waals surface area contributed by atoms with Gasteiger partial charge in [-0.1, -0.05) is 60.7 Å². The summed E-state index contributed by atoms with van der Waals surface area (Å²) in [6, 6.07) is 34.9. The quantitative estimate of drug-likeness (QED) is 0.186. The van der Waals surface area contributed by atoms with Gasteiger partial charge in [-0.3, -0.25) is 14.9 Å². The number of piperidine rings is 4. The number of amides is 2. The smallest absolute Gasteiger partial charge is 0.234 e. The molecule has 1 spiro atoms. The van der Waals surface area contributed by atoms with E-state index in [4.69, 9.17) is 0 Å². The number of phenols is 1. The van der Waals surface area contributed by atoms with E-state index in [1.807, 2.05) is 18.2 Å². The molecule has 55 heavy (non-hydrogen) atoms. The molecule has 3 atom stereocenters. The maximum atomic E-state index is 12.5. The van der Waals surface area contributed by atoms with Crippen molar-refractivity contribution in [2.75, 3.05) is 55.6 Å². The number of benzene rings is 4. The molecule has 4 aromatic rings. The maximum Gasteiger partial charge on any atom is 0.234 e. The molecule has 4 aromatic carbocycles. The van der Waals surface area contributed by atoms with E-state index in [2.05, 4.69) is 98.9 Å². The van der Waals surface area contributed by atoms with E-state index in [9.17, 15) is 14.7 Å². The highest BCUT2D eigenvalue weighted by molar-refractivity contribution is 6.01. The largest absolute Gasteiger partial charge is 0.508 e. The monoisotopic (exact) mass is 736 g/mol. The summed E-state index contributed by atoms with van der Waals surface area (Å²) in [4.78, 5) is 32.0. The van der Waals surface area contributed by atoms with Crippen molar-refractivity contribution >= 4 is 23.2 Å². The van der Waals surface area contributed by atoms with Gasteiger partial charge in [-0.25, -0.2) is 0 Å². The fourth-order valence-corrected chi connectivity index (χ4v) is 10.8. The number of carbonyl (C=O) groups is 2. The lowest BCUT2D eigenvalue weighted by Crippen LogP contribution is -2.48. The molecule has 7 nitrogen and oxygen atoms in total. The van der Waals surface area contributed by atoms with Crippen LogP contribution in [0.2, 0.25) is 0 Å². The molecule has 2 amide bonds. The molecule has 5 aliphatic rings. The number of hydrogen-bond acceptors (Lipinski definition) is 6. The minimum absolute atomic E-state index is 0.156. The van der Waals surface area contributed by atoms with Crippen molar-refractivity contribution in [3.8, 4) is 5.75 Å². The molecule has 4 saturated heterocycles. The van der Waals surface area contributed by atoms with Crippen LogP contribution in [0.15, 0.2) is 97.1 Å². The number of carbonyl (C=O) groups excluding carboxylic acids is 2. The third kappa shape index (κ3) is 7.65. The van der Waals surface area contributed by atoms with Gasteiger partial charge in [-0.15, -0.1) is 0 Å². The van der Waals surface area contributed by atoms with Crippen molar-refractivity contribution in [3.05, 3.63) is 125 Å². The lowest BCUT2D eigenvalue weighted by Gasteiger charge is -2.48. The average Bonchev–Trinajstić information content (AvgIpc) is 3.22. The number of aryl methyl sites for hydroxylation is 1. The molecular weight excluding hydrogens is 681 g/mol. The second-order valence-electron chi connectivity index (χ2n) is 17.3. The topological polar surface area (TPSA) is 76.1 Å². The normalized spacial score (nSPS) is 24.8. The standard InChI is InChI=1S/C48H56N4O3/c53-41-14-16-43-38(32-41)11-15-42(35-5-2-1-3-6-35)46(43)36-9-12-39(13-10-36)51-25-19-34(20-26-51)33-50-27-21-48(22-28-50)23-29-52(30-24-48)40-8-4-7-37(31-40)44-17-18-45(54)49-47(44)55/h1-10,12-14,16,31-32,34,42,44,46,53H,11,15,17-30,33H2,(H,49,54,55)/t42-,44?,46+/m1/s1. The van der Waals surface area contributed by atoms with E-state index in [1.165, 1.54) is 91.8 Å². The third-order valence-corrected chi connectivity index (χ3v) is 14.2. The first-order valence-corrected chi connectivity index (χ1v) is 21.0. The number of aromatic hydroxyl groups is 1. The Kier molecular flexibility index (Phi) is 10.2. The first-order valence-electron chi connectivity index (χ1n) is 21.0. The van der Waals surface area contributed by atoms with Crippen LogP contribution in [0.4, 0.5) is 11.4 Å². The van der Waals surface area contributed by atoms with Gasteiger partial charge >= 0.3 is 0 Å². The predicted molar refractivity (Wildman–Crippen MR) is 220 cm³/mol. The summed E-state index contributed by atoms with van der Waals surface area (Å²) < 4.78 is 0. The number of fused-ring (bicyclic) bond motifs is 1. The van der Waals surface area contributed by atoms with Crippen LogP contribution in [0.1, 0.15) is 103 Å². The molecule has 4 fully saturated rings. The van der Waals surface area contributed by atoms with Crippen LogP contribution in [-0.4, -0.2) is 67.6 Å². The number of nitrogens with zero attached hydrogens (tertiary/aromatic N) is 3. The highest BCUT2D eigenvalue weighted by Crippen LogP contribution is 2.47. The Morgan fingerprint density at radius 2 is 1.35 bits per heavy atom. The molecule has 7 heteroatoms. The van der Waals surface area contributed by atoms with Crippen molar-refractivity contribution < 1.29 is 14.7 Å². The number of anilines is 2. The fourth-order valence-electron chi connectivity index (χ4n) is 10.8. The van der Waals surface area contributed by atoms with Crippen LogP contribution in [-0.2, 0) is 16.0 Å². The predicted octanol–water partition coefficient (Wildman–Crippen LogP) is 8.37. The molecule has 0 saturated carbocycles. The lowest BCUT2D eigenvalue weighted by molar-refractivity contribution is -0.134. The van der Waals surface area contributed by atoms with Gasteiger partial charge in [0, 0.05) is 56.4 Å². The molecule has 2 N–H and O–H groups in total. The summed E-state index contributed by atoms with van der Waals surface area (Å²) in [6.07, 6.45) is 10.7. The van der Waals surface area contributed by atoms with Crippen molar-refractivity contribution in [1.82, 2.24) is 10.2 Å². The molecule has 0 radical (unpaired) electrons. The number of imide groups is 1. The van der Waals surface area contributed by atoms with Crippen LogP contribution in [0.25, 0.3) is 0 Å². The molecular formula is C48H56N4O3. The molecule has 4 heterocycles. The van der Waals surface area contributed by atoms with Crippen molar-refractivity contribution in [2.24, 2.45) is 11.3 Å². The molecule has 0 aromatic heterocycles. The Morgan fingerprint density at radius 3 is 2.09 bits per heavy atom. The van der Waals surface area contributed by atoms with Gasteiger partial charge in [-0.05, 0) is 152 Å². The highest BCUT2D eigenvalue weighted by atomic mass is 16.3. The Labute approximate surface area is 326 Å². The van der Waals surface area contributed by atoms with Gasteiger partial charge in [-0.2, -0.15) is 0 Å². The van der Waals surface area contributed by atoms with E-state index < -0.39 is 0 Å². The molecule has 286 valence electrons. The number of phenolic OH excluding ortho intramolecular Hbond substituents is 1. The molecule has 1 aliphatic carbocycles. The van der Waals surface area contributed by atoms with Crippen LogP contribution in [0.5, 0.6) is 5.75 Å². The molecule has 9 rings (SSSR count). The number of hydrogen-bond donors (Lipinski definition) is 2. The molecule has 1 unspecified atom stereocenters. The summed E-state index contributed by atoms with van der Waals surface area (Å²) >= 11 is 0. The minimum Gasteiger partial charge on any atom is -0.508 e. The molecule has 4 aliphatic heterocycles. The van der Waals surface area contributed by atoms with Gasteiger partial charge in [0.25, 0.3) is 0 Å². The SMILES string of the molecule is O=C1CCC(c2cccc(N3CCC4(CCN(CC5CCN(c6ccc([C@@H]7c8ccc(O)cc8CC[C@@H]7c7ccccc7)cc6)CC5)CC4)CC3)c2)C(=O)N1. The number of likely N-dealkylation sites (tertiary alicyclic amines) is 1. The fraction of sp³-hybridized carbons (Fsp3) is 0.458. The summed E-state index contributed by atoms with van der Waals surface area (Å²) in [5, 5.41) is 12.8. The first-order chi connectivity index (χ1) is 26.9. The molecule has 0 bridgehead atoms. The summed E-state index contributed by atoms with van der Waals surface area (Å²) in [5.74, 6) is 1.30. The Hall–Kier alpha value is -4.62. The highest BCUT2D eigenvalue weighted by Gasteiger charge is 2.39. The van der Waals surface area contributed by atoms with Crippen LogP contribution >= 0.6 is 0 Å². The van der Waals surface area contributed by atoms with E-state index in [0.29, 0.717) is 29.9 Å². The van der Waals surface area contributed by atoms with Gasteiger partial charge in [0.1, 0.15) is 5.75 Å². The number of rotatable bonds is 7. The summed E-state index contributed by atoms with van der Waals surface area (Å²) in [5.41, 5.74) is 9.46. The summed E-state index contributed by atoms with van der Waals surface area (Å²) in [6.45, 7) is 8.08. The average molecular weight is 737 g/mol. The van der Waals surface area contributed by atoms with Gasteiger partial charge in [0.05, 0.1) is 5.92 Å². The van der Waals surface area contributed by atoms with E-state index in [0.717, 1.165) is 50.5 Å². The Morgan fingerprint density at radius 1 is 0.636 bits per heavy atom. The van der Waals surface area contributed by atoms with Crippen molar-refractivity contribution in [3.63, 3.8) is 0 Å². The maximum absolute atomic E-state index is 12.5. The number of nitrogens with one attached hydrogen (secondary N) is 1. The van der Waals surface area contributed by atoms with Crippen molar-refractivity contribution in [1.29, 1.82) is 0 Å². The second-order valence-corrected chi connectivity index (χ2v) is 17.3. The van der Waals surface area contributed by atoms with Gasteiger partial charge < -0.3 is 19.8 Å². The van der Waals surface area contributed by atoms with Gasteiger partial charge in [0.2, 0.25) is 11.8 Å². The summed E-state index contributed by atoms with van der Waals surface area (Å²) in [7, 11) is 0. The van der Waals surface area contributed by atoms with Gasteiger partial charge in [0.15, 0.2) is 0 Å². The second kappa shape index (κ2) is 15.5. The van der Waals surface area contributed by atoms with E-state index in [-0.39, 0.29) is 23.7 Å². The Bertz CT molecular complexity index is 1970. The van der Waals surface area contributed by atoms with Crippen molar-refractivity contribution in [2.45, 2.75) is 82.0 Å². The van der Waals surface area contributed by atoms with E-state index in [1.54, 1.807) is 0 Å². The Balaban J connectivity index is 0.758. The minimum atomic E-state index is -0.228. The lowest BCUT2D eigenvalue weighted by atomic mass is 9.69. The van der Waals surface area contributed by atoms with Crippen LogP contribution < -0.4 is 15.1 Å². The third-order valence-electron chi connectivity index (χ3n) is 14.2. The van der Waals surface area contributed by atoms with E-state index >= 15 is 0 Å². The zero-order chi connectivity index (χ0) is 37.4. The first kappa shape index (κ1) is 36.0. The van der Waals surface area contributed by atoms with Crippen LogP contribution in [0.3, 0.4) is 0 Å². The van der Waals surface area contributed by atoms with Crippen LogP contribution in [0, 0.1) is 11.3 Å². The zero-order valence-corrected chi connectivity index (χ0v) is 32.2. The zero-order valence-electron chi connectivity index (χ0n) is 32.2.